The molecule has 0 radical (unpaired) electrons. The average Bonchev–Trinajstić information content (AvgIpc) is 2.66. The molecule has 7 nitrogen and oxygen atoms in total. The van der Waals surface area contributed by atoms with E-state index in [4.69, 9.17) is 9.84 Å². The van der Waals surface area contributed by atoms with Crippen LogP contribution in [-0.4, -0.2) is 40.1 Å². The highest BCUT2D eigenvalue weighted by atomic mass is 19.4. The molecular formula is C20H24F3N3O4. The quantitative estimate of drug-likeness (QED) is 0.566. The molecule has 1 aromatic heterocycles. The first-order chi connectivity index (χ1) is 14.1. The van der Waals surface area contributed by atoms with Crippen LogP contribution in [0.15, 0.2) is 30.6 Å². The smallest absolute Gasteiger partial charge is 0.476 e. The molecule has 0 spiro atoms. The Morgan fingerprint density at radius 1 is 1.23 bits per heavy atom. The van der Waals surface area contributed by atoms with E-state index < -0.39 is 12.3 Å². The number of alkyl halides is 3. The number of nitrogens with zero attached hydrogens (tertiary/aromatic N) is 2. The van der Waals surface area contributed by atoms with Gasteiger partial charge >= 0.3 is 12.3 Å². The van der Waals surface area contributed by atoms with E-state index in [1.54, 1.807) is 13.8 Å². The van der Waals surface area contributed by atoms with Gasteiger partial charge in [0.2, 0.25) is 0 Å². The second kappa shape index (κ2) is 10.2. The zero-order valence-electron chi connectivity index (χ0n) is 16.9. The van der Waals surface area contributed by atoms with Crippen molar-refractivity contribution in [2.24, 2.45) is 0 Å². The maximum absolute atomic E-state index is 12.3. The third-order valence-corrected chi connectivity index (χ3v) is 4.37. The Labute approximate surface area is 172 Å². The minimum absolute atomic E-state index is 0.0741. The van der Waals surface area contributed by atoms with Gasteiger partial charge in [-0.15, -0.1) is 13.2 Å². The Hall–Kier alpha value is -2.88. The number of rotatable bonds is 10. The van der Waals surface area contributed by atoms with Crippen LogP contribution < -0.4 is 10.1 Å². The van der Waals surface area contributed by atoms with Crippen molar-refractivity contribution in [2.45, 2.75) is 52.2 Å². The average molecular weight is 427 g/mol. The van der Waals surface area contributed by atoms with Gasteiger partial charge in [-0.05, 0) is 38.0 Å². The molecule has 0 aliphatic carbocycles. The SMILES string of the molecule is CCC[C@H](CNc1ncnc(C(=O)O)c1C)O[C@@H](C)c1ccc(OC(F)(F)F)cc1. The summed E-state index contributed by atoms with van der Waals surface area (Å²) in [6.07, 6.45) is -2.57. The molecule has 0 amide bonds. The molecule has 0 saturated heterocycles. The van der Waals surface area contributed by atoms with Gasteiger partial charge in [0.05, 0.1) is 12.2 Å². The molecule has 0 bridgehead atoms. The molecule has 0 saturated carbocycles. The number of benzene rings is 1. The number of nitrogens with one attached hydrogen (secondary N) is 1. The maximum atomic E-state index is 12.3. The van der Waals surface area contributed by atoms with Crippen LogP contribution in [-0.2, 0) is 4.74 Å². The summed E-state index contributed by atoms with van der Waals surface area (Å²) in [6.45, 7) is 5.81. The van der Waals surface area contributed by atoms with E-state index >= 15 is 0 Å². The zero-order chi connectivity index (χ0) is 22.3. The van der Waals surface area contributed by atoms with Crippen molar-refractivity contribution < 1.29 is 32.5 Å². The number of anilines is 1. The van der Waals surface area contributed by atoms with Gasteiger partial charge in [0.15, 0.2) is 5.69 Å². The third-order valence-electron chi connectivity index (χ3n) is 4.37. The van der Waals surface area contributed by atoms with E-state index in [1.165, 1.54) is 30.6 Å². The summed E-state index contributed by atoms with van der Waals surface area (Å²) in [6, 6.07) is 5.53. The fourth-order valence-electron chi connectivity index (χ4n) is 2.90. The molecule has 2 atom stereocenters. The van der Waals surface area contributed by atoms with Gasteiger partial charge in [-0.1, -0.05) is 25.5 Å². The molecule has 2 aromatic rings. The number of hydrogen-bond donors (Lipinski definition) is 2. The predicted octanol–water partition coefficient (Wildman–Crippen LogP) is 4.74. The number of carboxylic acids is 1. The second-order valence-electron chi connectivity index (χ2n) is 6.69. The predicted molar refractivity (Wildman–Crippen MR) is 104 cm³/mol. The summed E-state index contributed by atoms with van der Waals surface area (Å²) in [5, 5.41) is 12.3. The molecule has 2 rings (SSSR count). The van der Waals surface area contributed by atoms with Crippen LogP contribution in [0.5, 0.6) is 5.75 Å². The fourth-order valence-corrected chi connectivity index (χ4v) is 2.90. The lowest BCUT2D eigenvalue weighted by atomic mass is 10.1. The number of carbonyl (C=O) groups is 1. The van der Waals surface area contributed by atoms with Crippen molar-refractivity contribution in [3.8, 4) is 5.75 Å². The highest BCUT2D eigenvalue weighted by Gasteiger charge is 2.31. The lowest BCUT2D eigenvalue weighted by Crippen LogP contribution is -2.25. The molecule has 0 unspecified atom stereocenters. The fraction of sp³-hybridized carbons (Fsp3) is 0.450. The topological polar surface area (TPSA) is 93.6 Å². The van der Waals surface area contributed by atoms with Gasteiger partial charge in [-0.25, -0.2) is 14.8 Å². The Kier molecular flexibility index (Phi) is 7.99. The number of hydrogen-bond acceptors (Lipinski definition) is 6. The molecule has 2 N–H and O–H groups in total. The lowest BCUT2D eigenvalue weighted by molar-refractivity contribution is -0.274. The van der Waals surface area contributed by atoms with E-state index in [1.807, 2.05) is 6.92 Å². The summed E-state index contributed by atoms with van der Waals surface area (Å²) >= 11 is 0. The number of aromatic carboxylic acids is 1. The monoisotopic (exact) mass is 427 g/mol. The van der Waals surface area contributed by atoms with Crippen molar-refractivity contribution in [3.63, 3.8) is 0 Å². The summed E-state index contributed by atoms with van der Waals surface area (Å²) in [7, 11) is 0. The van der Waals surface area contributed by atoms with Crippen molar-refractivity contribution in [1.82, 2.24) is 9.97 Å². The van der Waals surface area contributed by atoms with Gasteiger partial charge < -0.3 is 19.9 Å². The molecule has 10 heteroatoms. The first kappa shape index (κ1) is 23.4. The van der Waals surface area contributed by atoms with E-state index in [0.717, 1.165) is 12.8 Å². The highest BCUT2D eigenvalue weighted by molar-refractivity contribution is 5.88. The van der Waals surface area contributed by atoms with E-state index in [2.05, 4.69) is 20.0 Å². The Morgan fingerprint density at radius 2 is 1.90 bits per heavy atom. The van der Waals surface area contributed by atoms with E-state index in [-0.39, 0.29) is 23.7 Å². The van der Waals surface area contributed by atoms with E-state index in [9.17, 15) is 18.0 Å². The van der Waals surface area contributed by atoms with Crippen molar-refractivity contribution in [2.75, 3.05) is 11.9 Å². The summed E-state index contributed by atoms with van der Waals surface area (Å²) in [4.78, 5) is 19.0. The van der Waals surface area contributed by atoms with Gasteiger partial charge in [0, 0.05) is 12.1 Å². The molecule has 164 valence electrons. The third kappa shape index (κ3) is 6.87. The van der Waals surface area contributed by atoms with Crippen molar-refractivity contribution in [1.29, 1.82) is 0 Å². The van der Waals surface area contributed by atoms with Gasteiger partial charge in [-0.2, -0.15) is 0 Å². The number of aromatic nitrogens is 2. The van der Waals surface area contributed by atoms with Crippen molar-refractivity contribution in [3.05, 3.63) is 47.4 Å². The van der Waals surface area contributed by atoms with Crippen molar-refractivity contribution >= 4 is 11.8 Å². The Balaban J connectivity index is 2.01. The Bertz CT molecular complexity index is 844. The van der Waals surface area contributed by atoms with Crippen LogP contribution in [0.2, 0.25) is 0 Å². The normalized spacial score (nSPS) is 13.5. The molecule has 30 heavy (non-hydrogen) atoms. The highest BCUT2D eigenvalue weighted by Crippen LogP contribution is 2.26. The largest absolute Gasteiger partial charge is 0.573 e. The Morgan fingerprint density at radius 3 is 2.47 bits per heavy atom. The maximum Gasteiger partial charge on any atom is 0.573 e. The van der Waals surface area contributed by atoms with Crippen LogP contribution in [0.3, 0.4) is 0 Å². The molecule has 0 fully saturated rings. The summed E-state index contributed by atoms with van der Waals surface area (Å²) < 4.78 is 46.8. The molecular weight excluding hydrogens is 403 g/mol. The number of carboxylic acid groups (broad SMARTS) is 1. The standard InChI is InChI=1S/C20H24F3N3O4/c1-4-5-16(10-24-18-12(2)17(19(27)28)25-11-26-18)29-13(3)14-6-8-15(9-7-14)30-20(21,22)23/h6-9,11,13,16H,4-5,10H2,1-3H3,(H,27,28)(H,24,25,26)/t13-,16+/m0/s1. The van der Waals surface area contributed by atoms with Crippen LogP contribution >= 0.6 is 0 Å². The van der Waals surface area contributed by atoms with Crippen LogP contribution in [0.25, 0.3) is 0 Å². The minimum atomic E-state index is -4.73. The summed E-state index contributed by atoms with van der Waals surface area (Å²) in [5.74, 6) is -1.02. The molecule has 1 aromatic carbocycles. The van der Waals surface area contributed by atoms with Crippen LogP contribution in [0.1, 0.15) is 54.4 Å². The van der Waals surface area contributed by atoms with Gasteiger partial charge in [0.25, 0.3) is 0 Å². The zero-order valence-corrected chi connectivity index (χ0v) is 16.9. The van der Waals surface area contributed by atoms with Gasteiger partial charge in [-0.3, -0.25) is 0 Å². The minimum Gasteiger partial charge on any atom is -0.476 e. The first-order valence-corrected chi connectivity index (χ1v) is 9.40. The van der Waals surface area contributed by atoms with E-state index in [0.29, 0.717) is 23.5 Å². The molecule has 1 heterocycles. The second-order valence-corrected chi connectivity index (χ2v) is 6.69. The van der Waals surface area contributed by atoms with Crippen LogP contribution in [0, 0.1) is 6.92 Å². The molecule has 0 aliphatic rings. The first-order valence-electron chi connectivity index (χ1n) is 9.40. The number of ether oxygens (including phenoxy) is 2. The number of halogens is 3. The lowest BCUT2D eigenvalue weighted by Gasteiger charge is -2.24. The molecule has 0 aliphatic heterocycles. The van der Waals surface area contributed by atoms with Crippen LogP contribution in [0.4, 0.5) is 19.0 Å². The van der Waals surface area contributed by atoms with Gasteiger partial charge in [0.1, 0.15) is 17.9 Å². The summed E-state index contributed by atoms with van der Waals surface area (Å²) in [5.41, 5.74) is 1.06.